The first-order valence-electron chi connectivity index (χ1n) is 6.48. The Balaban J connectivity index is 0.00000180. The molecule has 1 heterocycles. The summed E-state index contributed by atoms with van der Waals surface area (Å²) in [6, 6.07) is 6.08. The second-order valence-electron chi connectivity index (χ2n) is 4.56. The molecule has 19 heavy (non-hydrogen) atoms. The fourth-order valence-corrected chi connectivity index (χ4v) is 2.20. The Morgan fingerprint density at radius 1 is 1.42 bits per heavy atom. The summed E-state index contributed by atoms with van der Waals surface area (Å²) >= 11 is 0. The molecule has 1 N–H and O–H groups in total. The van der Waals surface area contributed by atoms with Gasteiger partial charge in [-0.05, 0) is 43.5 Å². The van der Waals surface area contributed by atoms with Gasteiger partial charge >= 0.3 is 0 Å². The molecule has 0 radical (unpaired) electrons. The fourth-order valence-electron chi connectivity index (χ4n) is 2.20. The molecule has 4 heteroatoms. The third kappa shape index (κ3) is 4.44. The maximum atomic E-state index is 6.00. The van der Waals surface area contributed by atoms with Crippen molar-refractivity contribution in [2.75, 3.05) is 20.2 Å². The van der Waals surface area contributed by atoms with E-state index >= 15 is 0 Å². The molecule has 0 bridgehead atoms. The Morgan fingerprint density at radius 3 is 2.89 bits per heavy atom. The number of rotatable bonds is 5. The van der Waals surface area contributed by atoms with E-state index in [1.54, 1.807) is 7.11 Å². The summed E-state index contributed by atoms with van der Waals surface area (Å²) < 4.78 is 11.4. The summed E-state index contributed by atoms with van der Waals surface area (Å²) in [5, 5.41) is 3.35. The lowest BCUT2D eigenvalue weighted by atomic mass is 10.1. The monoisotopic (exact) mass is 283 g/mol. The Kier molecular flexibility index (Phi) is 6.74. The van der Waals surface area contributed by atoms with Gasteiger partial charge in [-0.3, -0.25) is 0 Å². The van der Waals surface area contributed by atoms with Gasteiger partial charge in [-0.15, -0.1) is 19.0 Å². The van der Waals surface area contributed by atoms with Crippen LogP contribution in [0.15, 0.2) is 30.9 Å². The normalized spacial score (nSPS) is 18.3. The van der Waals surface area contributed by atoms with E-state index in [2.05, 4.69) is 18.0 Å². The van der Waals surface area contributed by atoms with Gasteiger partial charge in [0, 0.05) is 6.54 Å². The van der Waals surface area contributed by atoms with Gasteiger partial charge in [0.15, 0.2) is 11.5 Å². The van der Waals surface area contributed by atoms with Crippen LogP contribution in [0.2, 0.25) is 0 Å². The van der Waals surface area contributed by atoms with Crippen LogP contribution in [0.5, 0.6) is 11.5 Å². The van der Waals surface area contributed by atoms with Crippen molar-refractivity contribution in [1.29, 1.82) is 0 Å². The van der Waals surface area contributed by atoms with Gasteiger partial charge in [0.2, 0.25) is 0 Å². The van der Waals surface area contributed by atoms with E-state index in [0.717, 1.165) is 37.4 Å². The summed E-state index contributed by atoms with van der Waals surface area (Å²) in [4.78, 5) is 0. The number of piperidine rings is 1. The van der Waals surface area contributed by atoms with Crippen LogP contribution >= 0.6 is 12.4 Å². The van der Waals surface area contributed by atoms with Crippen LogP contribution in [0, 0.1) is 0 Å². The van der Waals surface area contributed by atoms with E-state index in [-0.39, 0.29) is 18.5 Å². The Bertz CT molecular complexity index is 403. The van der Waals surface area contributed by atoms with Crippen molar-refractivity contribution in [2.45, 2.75) is 25.4 Å². The molecule has 1 unspecified atom stereocenters. The predicted octanol–water partition coefficient (Wildman–Crippen LogP) is 2.98. The molecule has 106 valence electrons. The highest BCUT2D eigenvalue weighted by molar-refractivity contribution is 5.85. The highest BCUT2D eigenvalue weighted by Crippen LogP contribution is 2.30. The zero-order valence-corrected chi connectivity index (χ0v) is 12.2. The van der Waals surface area contributed by atoms with Gasteiger partial charge in [0.25, 0.3) is 0 Å². The lowest BCUT2D eigenvalue weighted by Crippen LogP contribution is -2.37. The van der Waals surface area contributed by atoms with Crippen molar-refractivity contribution in [1.82, 2.24) is 5.32 Å². The summed E-state index contributed by atoms with van der Waals surface area (Å²) in [6.45, 7) is 5.75. The molecular formula is C15H22ClNO2. The van der Waals surface area contributed by atoms with Crippen LogP contribution in [0.4, 0.5) is 0 Å². The van der Waals surface area contributed by atoms with E-state index in [1.165, 1.54) is 12.0 Å². The second-order valence-corrected chi connectivity index (χ2v) is 4.56. The molecule has 3 nitrogen and oxygen atoms in total. The SMILES string of the molecule is C=CCc1ccc(OC2CCCNC2)c(OC)c1.Cl. The zero-order valence-electron chi connectivity index (χ0n) is 11.4. The number of nitrogens with one attached hydrogen (secondary N) is 1. The van der Waals surface area contributed by atoms with Gasteiger partial charge < -0.3 is 14.8 Å². The summed E-state index contributed by atoms with van der Waals surface area (Å²) in [7, 11) is 1.68. The van der Waals surface area contributed by atoms with Crippen molar-refractivity contribution in [2.24, 2.45) is 0 Å². The molecule has 0 aliphatic carbocycles. The lowest BCUT2D eigenvalue weighted by Gasteiger charge is -2.24. The summed E-state index contributed by atoms with van der Waals surface area (Å²) in [5.41, 5.74) is 1.19. The average molecular weight is 284 g/mol. The molecule has 1 aliphatic heterocycles. The quantitative estimate of drug-likeness (QED) is 0.843. The Morgan fingerprint density at radius 2 is 2.26 bits per heavy atom. The first-order chi connectivity index (χ1) is 8.83. The summed E-state index contributed by atoms with van der Waals surface area (Å²) in [5.74, 6) is 1.64. The minimum atomic E-state index is 0. The number of allylic oxidation sites excluding steroid dienone is 1. The molecule has 1 aromatic carbocycles. The van der Waals surface area contributed by atoms with Crippen molar-refractivity contribution in [3.63, 3.8) is 0 Å². The number of benzene rings is 1. The van der Waals surface area contributed by atoms with Crippen LogP contribution in [0.25, 0.3) is 0 Å². The van der Waals surface area contributed by atoms with Crippen LogP contribution in [0.3, 0.4) is 0 Å². The van der Waals surface area contributed by atoms with E-state index < -0.39 is 0 Å². The topological polar surface area (TPSA) is 30.5 Å². The smallest absolute Gasteiger partial charge is 0.161 e. The molecule has 1 fully saturated rings. The minimum Gasteiger partial charge on any atom is -0.493 e. The van der Waals surface area contributed by atoms with Gasteiger partial charge in [-0.2, -0.15) is 0 Å². The standard InChI is InChI=1S/C15H21NO2.ClH/c1-3-5-12-7-8-14(15(10-12)17-2)18-13-6-4-9-16-11-13;/h3,7-8,10,13,16H,1,4-6,9,11H2,2H3;1H. The van der Waals surface area contributed by atoms with E-state index in [4.69, 9.17) is 9.47 Å². The molecule has 0 saturated carbocycles. The largest absolute Gasteiger partial charge is 0.493 e. The van der Waals surface area contributed by atoms with Crippen LogP contribution < -0.4 is 14.8 Å². The van der Waals surface area contributed by atoms with Crippen LogP contribution in [-0.4, -0.2) is 26.3 Å². The van der Waals surface area contributed by atoms with Gasteiger partial charge in [-0.1, -0.05) is 12.1 Å². The Hall–Kier alpha value is -1.19. The Labute approximate surface area is 121 Å². The van der Waals surface area contributed by atoms with Crippen LogP contribution in [0.1, 0.15) is 18.4 Å². The van der Waals surface area contributed by atoms with Crippen molar-refractivity contribution in [3.8, 4) is 11.5 Å². The number of hydrogen-bond donors (Lipinski definition) is 1. The molecule has 1 aliphatic rings. The molecule has 0 spiro atoms. The molecule has 1 aromatic rings. The number of halogens is 1. The van der Waals surface area contributed by atoms with E-state index in [0.29, 0.717) is 0 Å². The molecule has 2 rings (SSSR count). The van der Waals surface area contributed by atoms with Crippen molar-refractivity contribution >= 4 is 12.4 Å². The first kappa shape index (κ1) is 15.9. The van der Waals surface area contributed by atoms with E-state index in [9.17, 15) is 0 Å². The van der Waals surface area contributed by atoms with Gasteiger partial charge in [0.05, 0.1) is 7.11 Å². The first-order valence-corrected chi connectivity index (χ1v) is 6.48. The molecule has 0 amide bonds. The predicted molar refractivity (Wildman–Crippen MR) is 80.7 cm³/mol. The highest BCUT2D eigenvalue weighted by Gasteiger charge is 2.16. The average Bonchev–Trinajstić information content (AvgIpc) is 2.42. The van der Waals surface area contributed by atoms with Gasteiger partial charge in [-0.25, -0.2) is 0 Å². The second kappa shape index (κ2) is 8.08. The van der Waals surface area contributed by atoms with Crippen LogP contribution in [-0.2, 0) is 6.42 Å². The van der Waals surface area contributed by atoms with Crippen molar-refractivity contribution < 1.29 is 9.47 Å². The molecule has 1 atom stereocenters. The maximum absolute atomic E-state index is 6.00. The fraction of sp³-hybridized carbons (Fsp3) is 0.467. The third-order valence-corrected chi connectivity index (χ3v) is 3.15. The number of hydrogen-bond acceptors (Lipinski definition) is 3. The van der Waals surface area contributed by atoms with Crippen molar-refractivity contribution in [3.05, 3.63) is 36.4 Å². The third-order valence-electron chi connectivity index (χ3n) is 3.15. The highest BCUT2D eigenvalue weighted by atomic mass is 35.5. The molecule has 0 aromatic heterocycles. The summed E-state index contributed by atoms with van der Waals surface area (Å²) in [6.07, 6.45) is 5.26. The molecular weight excluding hydrogens is 262 g/mol. The number of ether oxygens (including phenoxy) is 2. The maximum Gasteiger partial charge on any atom is 0.161 e. The number of methoxy groups -OCH3 is 1. The lowest BCUT2D eigenvalue weighted by molar-refractivity contribution is 0.161. The molecule has 1 saturated heterocycles. The minimum absolute atomic E-state index is 0. The van der Waals surface area contributed by atoms with E-state index in [1.807, 2.05) is 18.2 Å². The van der Waals surface area contributed by atoms with Gasteiger partial charge in [0.1, 0.15) is 6.10 Å². The zero-order chi connectivity index (χ0) is 12.8.